The maximum atomic E-state index is 12.7. The van der Waals surface area contributed by atoms with Gasteiger partial charge in [-0.25, -0.2) is 9.79 Å². The van der Waals surface area contributed by atoms with Crippen LogP contribution in [-0.2, 0) is 4.79 Å². The number of hydrogen-bond acceptors (Lipinski definition) is 7. The lowest BCUT2D eigenvalue weighted by Crippen LogP contribution is -2.19. The van der Waals surface area contributed by atoms with Gasteiger partial charge in [-0.2, -0.15) is 0 Å². The van der Waals surface area contributed by atoms with Crippen LogP contribution >= 0.6 is 27.7 Å². The van der Waals surface area contributed by atoms with Gasteiger partial charge in [-0.3, -0.25) is 4.79 Å². The number of amidine groups is 1. The summed E-state index contributed by atoms with van der Waals surface area (Å²) < 4.78 is 17.0. The summed E-state index contributed by atoms with van der Waals surface area (Å²) in [5, 5.41) is 3.28. The van der Waals surface area contributed by atoms with Gasteiger partial charge in [0.25, 0.3) is 5.91 Å². The fourth-order valence-corrected chi connectivity index (χ4v) is 4.55. The molecule has 4 rings (SSSR count). The first kappa shape index (κ1) is 24.6. The number of esters is 1. The zero-order chi connectivity index (χ0) is 24.8. The molecule has 35 heavy (non-hydrogen) atoms. The molecule has 3 aromatic rings. The van der Waals surface area contributed by atoms with Crippen LogP contribution in [0, 0.1) is 0 Å². The minimum Gasteiger partial charge on any atom is -0.497 e. The molecule has 7 nitrogen and oxygen atoms in total. The van der Waals surface area contributed by atoms with Crippen molar-refractivity contribution in [3.05, 3.63) is 87.2 Å². The molecule has 1 heterocycles. The van der Waals surface area contributed by atoms with Crippen LogP contribution in [0.2, 0.25) is 0 Å². The van der Waals surface area contributed by atoms with Gasteiger partial charge in [0.2, 0.25) is 0 Å². The van der Waals surface area contributed by atoms with E-state index in [1.54, 1.807) is 49.6 Å². The van der Waals surface area contributed by atoms with Crippen LogP contribution in [0.25, 0.3) is 6.08 Å². The summed E-state index contributed by atoms with van der Waals surface area (Å²) in [6.45, 7) is 2.20. The number of nitrogens with zero attached hydrogens (tertiary/aromatic N) is 1. The van der Waals surface area contributed by atoms with Gasteiger partial charge < -0.3 is 19.5 Å². The van der Waals surface area contributed by atoms with Crippen molar-refractivity contribution in [1.29, 1.82) is 0 Å². The first-order chi connectivity index (χ1) is 17.0. The smallest absolute Gasteiger partial charge is 0.343 e. The largest absolute Gasteiger partial charge is 0.497 e. The first-order valence-corrected chi connectivity index (χ1v) is 12.2. The molecule has 0 radical (unpaired) electrons. The van der Waals surface area contributed by atoms with Gasteiger partial charge in [0.05, 0.1) is 34.3 Å². The van der Waals surface area contributed by atoms with Crippen LogP contribution < -0.4 is 19.5 Å². The average Bonchev–Trinajstić information content (AvgIpc) is 3.20. The van der Waals surface area contributed by atoms with E-state index in [0.717, 1.165) is 5.69 Å². The zero-order valence-corrected chi connectivity index (χ0v) is 21.3. The summed E-state index contributed by atoms with van der Waals surface area (Å²) in [6.07, 6.45) is 1.73. The molecular weight excluding hydrogens is 532 g/mol. The summed E-state index contributed by atoms with van der Waals surface area (Å²) in [7, 11) is 1.56. The topological polar surface area (TPSA) is 86.2 Å². The van der Waals surface area contributed by atoms with Crippen molar-refractivity contribution in [3.8, 4) is 17.2 Å². The third-order valence-electron chi connectivity index (χ3n) is 4.79. The van der Waals surface area contributed by atoms with Crippen molar-refractivity contribution in [2.45, 2.75) is 6.92 Å². The average molecular weight is 553 g/mol. The van der Waals surface area contributed by atoms with Crippen molar-refractivity contribution in [1.82, 2.24) is 5.32 Å². The van der Waals surface area contributed by atoms with Gasteiger partial charge >= 0.3 is 5.97 Å². The summed E-state index contributed by atoms with van der Waals surface area (Å²) in [5.74, 6) is 0.490. The second-order valence-electron chi connectivity index (χ2n) is 7.20. The monoisotopic (exact) mass is 552 g/mol. The third-order valence-corrected chi connectivity index (χ3v) is 6.29. The van der Waals surface area contributed by atoms with Gasteiger partial charge in [-0.15, -0.1) is 0 Å². The second kappa shape index (κ2) is 11.2. The Balaban J connectivity index is 1.58. The van der Waals surface area contributed by atoms with Crippen LogP contribution in [0.15, 0.2) is 81.1 Å². The van der Waals surface area contributed by atoms with Crippen LogP contribution in [0.1, 0.15) is 22.8 Å². The Morgan fingerprint density at radius 2 is 1.86 bits per heavy atom. The van der Waals surface area contributed by atoms with E-state index in [4.69, 9.17) is 14.2 Å². The third kappa shape index (κ3) is 6.12. The van der Waals surface area contributed by atoms with E-state index in [9.17, 15) is 9.59 Å². The van der Waals surface area contributed by atoms with Crippen molar-refractivity contribution in [2.75, 3.05) is 13.7 Å². The number of amides is 1. The van der Waals surface area contributed by atoms with E-state index in [1.807, 2.05) is 37.3 Å². The molecule has 1 aliphatic rings. The molecule has 0 bridgehead atoms. The molecule has 0 unspecified atom stereocenters. The summed E-state index contributed by atoms with van der Waals surface area (Å²) >= 11 is 4.72. The molecule has 0 aliphatic carbocycles. The molecule has 1 aliphatic heterocycles. The number of hydrogen-bond donors (Lipinski definition) is 1. The summed E-state index contributed by atoms with van der Waals surface area (Å²) in [4.78, 5) is 30.1. The number of rotatable bonds is 7. The van der Waals surface area contributed by atoms with E-state index in [1.165, 1.54) is 11.8 Å². The number of para-hydroxylation sites is 1. The highest BCUT2D eigenvalue weighted by Gasteiger charge is 2.24. The molecule has 0 aromatic heterocycles. The number of benzene rings is 3. The molecule has 9 heteroatoms. The highest BCUT2D eigenvalue weighted by Crippen LogP contribution is 2.39. The fraction of sp³-hybridized carbons (Fsp3) is 0.115. The van der Waals surface area contributed by atoms with E-state index < -0.39 is 5.97 Å². The predicted octanol–water partition coefficient (Wildman–Crippen LogP) is 5.97. The number of carbonyl (C=O) groups excluding carboxylic acids is 2. The number of ether oxygens (including phenoxy) is 3. The van der Waals surface area contributed by atoms with E-state index in [-0.39, 0.29) is 11.7 Å². The van der Waals surface area contributed by atoms with Crippen LogP contribution in [0.5, 0.6) is 17.2 Å². The Morgan fingerprint density at radius 3 is 2.54 bits per heavy atom. The fourth-order valence-electron chi connectivity index (χ4n) is 3.16. The van der Waals surface area contributed by atoms with Crippen molar-refractivity contribution in [3.63, 3.8) is 0 Å². The number of aliphatic imine (C=N–C) groups is 1. The van der Waals surface area contributed by atoms with E-state index in [2.05, 4.69) is 26.2 Å². The van der Waals surface area contributed by atoms with Crippen molar-refractivity contribution in [2.24, 2.45) is 4.99 Å². The molecule has 0 spiro atoms. The zero-order valence-electron chi connectivity index (χ0n) is 18.9. The lowest BCUT2D eigenvalue weighted by molar-refractivity contribution is -0.115. The highest BCUT2D eigenvalue weighted by atomic mass is 79.9. The molecule has 1 amide bonds. The van der Waals surface area contributed by atoms with Gasteiger partial charge in [0.15, 0.2) is 16.7 Å². The van der Waals surface area contributed by atoms with Crippen molar-refractivity contribution < 1.29 is 23.8 Å². The molecule has 3 aromatic carbocycles. The highest BCUT2D eigenvalue weighted by molar-refractivity contribution is 9.10. The Morgan fingerprint density at radius 1 is 1.11 bits per heavy atom. The Bertz CT molecular complexity index is 1310. The van der Waals surface area contributed by atoms with Gasteiger partial charge in [0.1, 0.15) is 5.75 Å². The maximum absolute atomic E-state index is 12.7. The van der Waals surface area contributed by atoms with Crippen LogP contribution in [-0.4, -0.2) is 30.8 Å². The van der Waals surface area contributed by atoms with Crippen LogP contribution in [0.4, 0.5) is 5.69 Å². The number of nitrogens with one attached hydrogen (secondary N) is 1. The van der Waals surface area contributed by atoms with Gasteiger partial charge in [0, 0.05) is 0 Å². The second-order valence-corrected chi connectivity index (χ2v) is 9.08. The molecule has 0 saturated carbocycles. The minimum atomic E-state index is -0.534. The lowest BCUT2D eigenvalue weighted by Gasteiger charge is -2.14. The first-order valence-electron chi connectivity index (χ1n) is 10.6. The Hall–Kier alpha value is -3.56. The quantitative estimate of drug-likeness (QED) is 0.221. The molecule has 1 saturated heterocycles. The minimum absolute atomic E-state index is 0.242. The predicted molar refractivity (Wildman–Crippen MR) is 141 cm³/mol. The molecule has 1 fully saturated rings. The molecule has 1 N–H and O–H groups in total. The summed E-state index contributed by atoms with van der Waals surface area (Å²) in [6, 6.07) is 19.5. The van der Waals surface area contributed by atoms with E-state index >= 15 is 0 Å². The maximum Gasteiger partial charge on any atom is 0.343 e. The molecule has 178 valence electrons. The van der Waals surface area contributed by atoms with Crippen molar-refractivity contribution >= 4 is 56.5 Å². The number of thioether (sulfide) groups is 1. The Labute approximate surface area is 215 Å². The SMILES string of the molecule is CCOc1cc(/C=C2\SC(=Nc3ccccc3)NC2=O)cc(Br)c1OC(=O)c1ccc(OC)cc1. The van der Waals surface area contributed by atoms with Gasteiger partial charge in [-0.05, 0) is 94.8 Å². The number of methoxy groups -OCH3 is 1. The Kier molecular flexibility index (Phi) is 7.89. The molecule has 0 atom stereocenters. The number of halogens is 1. The normalized spacial score (nSPS) is 15.2. The summed E-state index contributed by atoms with van der Waals surface area (Å²) in [5.41, 5.74) is 1.82. The lowest BCUT2D eigenvalue weighted by atomic mass is 10.1. The molecular formula is C26H21BrN2O5S. The van der Waals surface area contributed by atoms with Crippen LogP contribution in [0.3, 0.4) is 0 Å². The standard InChI is InChI=1S/C26H21BrN2O5S/c1-3-33-21-14-16(15-22-24(30)29-26(35-22)28-18-7-5-4-6-8-18)13-20(27)23(21)34-25(31)17-9-11-19(32-2)12-10-17/h4-15H,3H2,1-2H3,(H,28,29,30)/b22-15-. The van der Waals surface area contributed by atoms with Gasteiger partial charge in [-0.1, -0.05) is 18.2 Å². The van der Waals surface area contributed by atoms with E-state index in [0.29, 0.717) is 43.8 Å². The number of carbonyl (C=O) groups is 2.